The van der Waals surface area contributed by atoms with E-state index in [4.69, 9.17) is 19.2 Å². The molecule has 0 radical (unpaired) electrons. The summed E-state index contributed by atoms with van der Waals surface area (Å²) in [6.07, 6.45) is -0.391. The predicted molar refractivity (Wildman–Crippen MR) is 118 cm³/mol. The van der Waals surface area contributed by atoms with E-state index in [0.717, 1.165) is 40.5 Å². The van der Waals surface area contributed by atoms with Crippen molar-refractivity contribution >= 4 is 11.0 Å². The fraction of sp³-hybridized carbons (Fsp3) is 0.240. The summed E-state index contributed by atoms with van der Waals surface area (Å²) in [5.41, 5.74) is 2.74. The third-order valence-corrected chi connectivity index (χ3v) is 4.95. The van der Waals surface area contributed by atoms with Gasteiger partial charge >= 0.3 is 0 Å². The van der Waals surface area contributed by atoms with Gasteiger partial charge in [-0.3, -0.25) is 0 Å². The van der Waals surface area contributed by atoms with Crippen molar-refractivity contribution in [2.24, 2.45) is 0 Å². The molecule has 1 N–H and O–H groups in total. The molecule has 0 aliphatic carbocycles. The molecule has 1 atom stereocenters. The average Bonchev–Trinajstić information content (AvgIpc) is 3.22. The maximum Gasteiger partial charge on any atom is 0.141 e. The molecule has 0 saturated carbocycles. The molecular formula is C25H24F2N2O3. The predicted octanol–water partition coefficient (Wildman–Crippen LogP) is 5.94. The molecular weight excluding hydrogens is 414 g/mol. The number of nitrogens with zero attached hydrogens (tertiary/aromatic N) is 1. The van der Waals surface area contributed by atoms with Crippen molar-refractivity contribution in [1.82, 2.24) is 9.97 Å². The number of H-pyrrole nitrogens is 1. The van der Waals surface area contributed by atoms with Gasteiger partial charge in [-0.25, -0.2) is 13.8 Å². The Morgan fingerprint density at radius 1 is 0.875 bits per heavy atom. The summed E-state index contributed by atoms with van der Waals surface area (Å²) in [4.78, 5) is 8.02. The first kappa shape index (κ1) is 21.8. The van der Waals surface area contributed by atoms with Crippen LogP contribution in [0.4, 0.5) is 8.78 Å². The summed E-state index contributed by atoms with van der Waals surface area (Å²) in [6, 6.07) is 16.3. The van der Waals surface area contributed by atoms with E-state index >= 15 is 0 Å². The Morgan fingerprint density at radius 2 is 1.66 bits per heavy atom. The van der Waals surface area contributed by atoms with Crippen LogP contribution in [0.1, 0.15) is 36.9 Å². The van der Waals surface area contributed by atoms with Crippen LogP contribution in [0, 0.1) is 11.6 Å². The van der Waals surface area contributed by atoms with Crippen molar-refractivity contribution in [2.75, 3.05) is 13.2 Å². The summed E-state index contributed by atoms with van der Waals surface area (Å²) >= 11 is 0. The van der Waals surface area contributed by atoms with Crippen LogP contribution < -0.4 is 9.47 Å². The van der Waals surface area contributed by atoms with E-state index in [0.29, 0.717) is 24.8 Å². The van der Waals surface area contributed by atoms with Crippen molar-refractivity contribution in [1.29, 1.82) is 0 Å². The Morgan fingerprint density at radius 3 is 2.41 bits per heavy atom. The minimum Gasteiger partial charge on any atom is -0.494 e. The first-order chi connectivity index (χ1) is 15.6. The summed E-state index contributed by atoms with van der Waals surface area (Å²) < 4.78 is 44.3. The Labute approximate surface area is 185 Å². The summed E-state index contributed by atoms with van der Waals surface area (Å²) in [5.74, 6) is 0.989. The molecule has 1 heterocycles. The van der Waals surface area contributed by atoms with Gasteiger partial charge in [0, 0.05) is 18.2 Å². The summed E-state index contributed by atoms with van der Waals surface area (Å²) in [7, 11) is 0. The Kier molecular flexibility index (Phi) is 6.66. The minimum absolute atomic E-state index is 0.0659. The first-order valence-corrected chi connectivity index (χ1v) is 10.5. The van der Waals surface area contributed by atoms with E-state index < -0.39 is 17.7 Å². The standard InChI is InChI=1S/C25H24F2N2O3/c1-3-30-20-10-12-22-23(14-20)29-25(28-22)24(31-4-2)16-5-8-19(9-6-16)32-15-17-13-18(26)7-11-21(17)27/h5-14,24H,3-4,15H2,1-2H3,(H,28,29). The van der Waals surface area contributed by atoms with Gasteiger partial charge in [-0.2, -0.15) is 0 Å². The quantitative estimate of drug-likeness (QED) is 0.351. The van der Waals surface area contributed by atoms with Crippen LogP contribution in [0.25, 0.3) is 11.0 Å². The highest BCUT2D eigenvalue weighted by molar-refractivity contribution is 5.77. The second-order valence-electron chi connectivity index (χ2n) is 7.16. The van der Waals surface area contributed by atoms with Gasteiger partial charge in [0.2, 0.25) is 0 Å². The number of nitrogens with one attached hydrogen (secondary N) is 1. The normalized spacial score (nSPS) is 12.1. The van der Waals surface area contributed by atoms with Crippen molar-refractivity contribution in [3.63, 3.8) is 0 Å². The highest BCUT2D eigenvalue weighted by Gasteiger charge is 2.19. The third-order valence-electron chi connectivity index (χ3n) is 4.95. The molecule has 0 spiro atoms. The summed E-state index contributed by atoms with van der Waals surface area (Å²) in [6.45, 7) is 4.89. The van der Waals surface area contributed by atoms with E-state index in [2.05, 4.69) is 4.98 Å². The Balaban J connectivity index is 1.52. The minimum atomic E-state index is -0.503. The summed E-state index contributed by atoms with van der Waals surface area (Å²) in [5, 5.41) is 0. The number of rotatable bonds is 9. The lowest BCUT2D eigenvalue weighted by molar-refractivity contribution is 0.0859. The van der Waals surface area contributed by atoms with Crippen LogP contribution in [0.3, 0.4) is 0 Å². The van der Waals surface area contributed by atoms with Crippen LogP contribution in [-0.4, -0.2) is 23.2 Å². The van der Waals surface area contributed by atoms with E-state index in [1.807, 2.05) is 44.2 Å². The van der Waals surface area contributed by atoms with Crippen molar-refractivity contribution < 1.29 is 23.0 Å². The topological polar surface area (TPSA) is 56.4 Å². The van der Waals surface area contributed by atoms with Crippen molar-refractivity contribution in [3.05, 3.63) is 89.2 Å². The number of halogens is 2. The Bertz CT molecular complexity index is 1190. The van der Waals surface area contributed by atoms with Crippen LogP contribution >= 0.6 is 0 Å². The highest BCUT2D eigenvalue weighted by Crippen LogP contribution is 2.29. The SMILES string of the molecule is CCOc1ccc2[nH]c(C(OCC)c3ccc(OCc4cc(F)ccc4F)cc3)nc2c1. The number of benzene rings is 3. The molecule has 0 saturated heterocycles. The van der Waals surface area contributed by atoms with Crippen LogP contribution in [0.15, 0.2) is 60.7 Å². The molecule has 0 aliphatic heterocycles. The molecule has 166 valence electrons. The lowest BCUT2D eigenvalue weighted by atomic mass is 10.1. The zero-order valence-electron chi connectivity index (χ0n) is 17.9. The van der Waals surface area contributed by atoms with Gasteiger partial charge in [0.25, 0.3) is 0 Å². The number of hydrogen-bond acceptors (Lipinski definition) is 4. The van der Waals surface area contributed by atoms with Crippen LogP contribution in [0.5, 0.6) is 11.5 Å². The second-order valence-corrected chi connectivity index (χ2v) is 7.16. The molecule has 4 rings (SSSR count). The molecule has 1 aromatic heterocycles. The van der Waals surface area contributed by atoms with E-state index in [1.165, 1.54) is 0 Å². The molecule has 1 unspecified atom stereocenters. The van der Waals surface area contributed by atoms with E-state index in [1.54, 1.807) is 12.1 Å². The highest BCUT2D eigenvalue weighted by atomic mass is 19.1. The lowest BCUT2D eigenvalue weighted by Crippen LogP contribution is -2.08. The molecule has 5 nitrogen and oxygen atoms in total. The lowest BCUT2D eigenvalue weighted by Gasteiger charge is -2.16. The van der Waals surface area contributed by atoms with E-state index in [-0.39, 0.29) is 12.2 Å². The first-order valence-electron chi connectivity index (χ1n) is 10.5. The maximum atomic E-state index is 13.8. The zero-order valence-corrected chi connectivity index (χ0v) is 17.9. The van der Waals surface area contributed by atoms with Gasteiger partial charge < -0.3 is 19.2 Å². The van der Waals surface area contributed by atoms with Gasteiger partial charge in [-0.15, -0.1) is 0 Å². The number of aromatic amines is 1. The van der Waals surface area contributed by atoms with Gasteiger partial charge in [0.15, 0.2) is 0 Å². The molecule has 3 aromatic carbocycles. The molecule has 4 aromatic rings. The largest absolute Gasteiger partial charge is 0.494 e. The van der Waals surface area contributed by atoms with Gasteiger partial charge in [0.05, 0.1) is 17.6 Å². The molecule has 7 heteroatoms. The fourth-order valence-corrected chi connectivity index (χ4v) is 3.44. The van der Waals surface area contributed by atoms with Gasteiger partial charge in [-0.05, 0) is 61.9 Å². The van der Waals surface area contributed by atoms with Gasteiger partial charge in [-0.1, -0.05) is 12.1 Å². The maximum absolute atomic E-state index is 13.8. The molecule has 0 fully saturated rings. The molecule has 0 amide bonds. The van der Waals surface area contributed by atoms with Crippen molar-refractivity contribution in [2.45, 2.75) is 26.6 Å². The molecule has 0 bridgehead atoms. The van der Waals surface area contributed by atoms with Gasteiger partial charge in [0.1, 0.15) is 41.7 Å². The van der Waals surface area contributed by atoms with Crippen LogP contribution in [-0.2, 0) is 11.3 Å². The number of imidazole rings is 1. The Hall–Kier alpha value is -3.45. The fourth-order valence-electron chi connectivity index (χ4n) is 3.44. The smallest absolute Gasteiger partial charge is 0.141 e. The molecule has 0 aliphatic rings. The number of aromatic nitrogens is 2. The molecule has 32 heavy (non-hydrogen) atoms. The average molecular weight is 438 g/mol. The van der Waals surface area contributed by atoms with E-state index in [9.17, 15) is 8.78 Å². The number of ether oxygens (including phenoxy) is 3. The second kappa shape index (κ2) is 9.78. The zero-order chi connectivity index (χ0) is 22.5. The third kappa shape index (κ3) is 4.89. The monoisotopic (exact) mass is 438 g/mol. The number of hydrogen-bond donors (Lipinski definition) is 1. The van der Waals surface area contributed by atoms with Crippen LogP contribution in [0.2, 0.25) is 0 Å². The van der Waals surface area contributed by atoms with Crippen molar-refractivity contribution in [3.8, 4) is 11.5 Å². The number of fused-ring (bicyclic) bond motifs is 1.